The van der Waals surface area contributed by atoms with Gasteiger partial charge in [-0.1, -0.05) is 104 Å². The van der Waals surface area contributed by atoms with E-state index in [9.17, 15) is 20.0 Å². The van der Waals surface area contributed by atoms with Gasteiger partial charge < -0.3 is 9.84 Å². The number of Topliss-reactive ketones (excluding diaryl/α,β-unsaturated/α-hetero) is 1. The van der Waals surface area contributed by atoms with Crippen molar-refractivity contribution in [2.75, 3.05) is 6.61 Å². The van der Waals surface area contributed by atoms with Gasteiger partial charge in [0.1, 0.15) is 5.60 Å². The van der Waals surface area contributed by atoms with Gasteiger partial charge in [0.05, 0.1) is 18.6 Å². The highest BCUT2D eigenvalue weighted by Gasteiger charge is 2.67. The summed E-state index contributed by atoms with van der Waals surface area (Å²) in [6, 6.07) is 29.8. The second-order valence-corrected chi connectivity index (χ2v) is 13.5. The molecule has 0 heterocycles. The maximum atomic E-state index is 14.8. The first-order valence-corrected chi connectivity index (χ1v) is 16.3. The number of hydrogen-bond acceptors (Lipinski definition) is 5. The average Bonchev–Trinajstić information content (AvgIpc) is 3.02. The molecule has 1 fully saturated rings. The van der Waals surface area contributed by atoms with E-state index in [1.54, 1.807) is 104 Å². The summed E-state index contributed by atoms with van der Waals surface area (Å²) < 4.78 is 7.21. The van der Waals surface area contributed by atoms with E-state index >= 15 is 0 Å². The molecule has 0 saturated heterocycles. The van der Waals surface area contributed by atoms with Gasteiger partial charge in [0, 0.05) is 36.4 Å². The van der Waals surface area contributed by atoms with Gasteiger partial charge in [-0.15, -0.1) is 0 Å². The third-order valence-corrected chi connectivity index (χ3v) is 10.0. The summed E-state index contributed by atoms with van der Waals surface area (Å²) in [5.41, 5.74) is -1.85. The molecule has 0 amide bonds. The van der Waals surface area contributed by atoms with Crippen LogP contribution in [0.4, 0.5) is 0 Å². The minimum absolute atomic E-state index is 0.0191. The number of rotatable bonds is 7. The Kier molecular flexibility index (Phi) is 9.69. The first-order valence-electron chi connectivity index (χ1n) is 13.9. The number of ether oxygens (including phenoxy) is 1. The quantitative estimate of drug-likeness (QED) is 0.150. The fourth-order valence-electron chi connectivity index (χ4n) is 6.47. The molecule has 0 aromatic heterocycles. The van der Waals surface area contributed by atoms with E-state index in [1.165, 1.54) is 0 Å². The second kappa shape index (κ2) is 13.2. The Bertz CT molecular complexity index is 1710. The highest BCUT2D eigenvalue weighted by molar-refractivity contribution is 9.10. The van der Waals surface area contributed by atoms with Crippen LogP contribution < -0.4 is 0 Å². The lowest BCUT2D eigenvalue weighted by Gasteiger charge is -2.54. The van der Waals surface area contributed by atoms with Gasteiger partial charge in [-0.25, -0.2) is 0 Å². The number of ketones is 1. The number of benzene rings is 4. The molecule has 0 unspecified atom stereocenters. The van der Waals surface area contributed by atoms with Gasteiger partial charge >= 0.3 is 5.97 Å². The lowest BCUT2D eigenvalue weighted by Crippen LogP contribution is -2.59. The molecule has 1 saturated carbocycles. The summed E-state index contributed by atoms with van der Waals surface area (Å²) in [4.78, 5) is 29.1. The summed E-state index contributed by atoms with van der Waals surface area (Å²) in [6.45, 7) is 1.69. The Hall–Kier alpha value is -2.99. The van der Waals surface area contributed by atoms with Crippen LogP contribution >= 0.6 is 55.1 Å². The van der Waals surface area contributed by atoms with Crippen LogP contribution in [-0.2, 0) is 15.1 Å². The molecule has 5 atom stereocenters. The number of nitrogens with zero attached hydrogens (tertiary/aromatic N) is 1. The summed E-state index contributed by atoms with van der Waals surface area (Å²) in [7, 11) is 0. The van der Waals surface area contributed by atoms with Gasteiger partial charge in [-0.2, -0.15) is 5.26 Å². The molecule has 1 aliphatic rings. The first-order chi connectivity index (χ1) is 21.0. The molecule has 224 valence electrons. The van der Waals surface area contributed by atoms with Crippen LogP contribution in [0, 0.1) is 22.7 Å². The lowest BCUT2D eigenvalue weighted by atomic mass is 9.47. The average molecular weight is 756 g/mol. The van der Waals surface area contributed by atoms with Crippen LogP contribution in [0.15, 0.2) is 106 Å². The molecular formula is C35H27Br2Cl2NO4. The zero-order valence-electron chi connectivity index (χ0n) is 23.5. The van der Waals surface area contributed by atoms with Crippen LogP contribution in [0.5, 0.6) is 0 Å². The number of aliphatic hydroxyl groups is 1. The zero-order valence-corrected chi connectivity index (χ0v) is 28.2. The summed E-state index contributed by atoms with van der Waals surface area (Å²) >= 11 is 19.4. The van der Waals surface area contributed by atoms with Crippen molar-refractivity contribution in [1.29, 1.82) is 5.26 Å². The van der Waals surface area contributed by atoms with Crippen molar-refractivity contribution in [3.63, 3.8) is 0 Å². The SMILES string of the molecule is CCOC(=O)[C@]1(C#N)[C@H](c2ccc(Cl)cc2)C[C@](O)(c2ccc(Br)cc2)[C@H](C(=O)c2ccc(Br)cc2)[C@@H]1c1ccc(Cl)cc1. The molecule has 4 aromatic rings. The van der Waals surface area contributed by atoms with Crippen LogP contribution in [0.2, 0.25) is 10.0 Å². The van der Waals surface area contributed by atoms with E-state index in [2.05, 4.69) is 37.9 Å². The first kappa shape index (κ1) is 32.4. The Morgan fingerprint density at radius 2 is 1.36 bits per heavy atom. The molecule has 0 bridgehead atoms. The van der Waals surface area contributed by atoms with E-state index in [0.717, 1.165) is 8.95 Å². The van der Waals surface area contributed by atoms with E-state index < -0.39 is 40.5 Å². The minimum atomic E-state index is -1.92. The third kappa shape index (κ3) is 5.87. The molecule has 0 aliphatic heterocycles. The fourth-order valence-corrected chi connectivity index (χ4v) is 7.25. The normalized spacial score (nSPS) is 24.7. The van der Waals surface area contributed by atoms with Gasteiger partial charge in [-0.05, 0) is 78.6 Å². The molecule has 9 heteroatoms. The van der Waals surface area contributed by atoms with Crippen molar-refractivity contribution in [2.45, 2.75) is 30.8 Å². The summed E-state index contributed by atoms with van der Waals surface area (Å²) in [6.07, 6.45) is -0.125. The highest BCUT2D eigenvalue weighted by atomic mass is 79.9. The van der Waals surface area contributed by atoms with Gasteiger partial charge in [0.25, 0.3) is 0 Å². The predicted octanol–water partition coefficient (Wildman–Crippen LogP) is 9.25. The number of nitriles is 1. The van der Waals surface area contributed by atoms with Gasteiger partial charge in [0.15, 0.2) is 11.2 Å². The molecule has 0 radical (unpaired) electrons. The zero-order chi connectivity index (χ0) is 31.6. The number of carbonyl (C=O) groups is 2. The lowest BCUT2D eigenvalue weighted by molar-refractivity contribution is -0.164. The molecular weight excluding hydrogens is 729 g/mol. The predicted molar refractivity (Wildman–Crippen MR) is 178 cm³/mol. The van der Waals surface area contributed by atoms with Crippen molar-refractivity contribution in [2.24, 2.45) is 11.3 Å². The summed E-state index contributed by atoms with van der Waals surface area (Å²) in [5, 5.41) is 25.1. The van der Waals surface area contributed by atoms with Crippen molar-refractivity contribution >= 4 is 66.8 Å². The number of halogens is 4. The van der Waals surface area contributed by atoms with Gasteiger partial charge in [-0.3, -0.25) is 9.59 Å². The van der Waals surface area contributed by atoms with Crippen molar-refractivity contribution in [3.05, 3.63) is 138 Å². The van der Waals surface area contributed by atoms with E-state index in [0.29, 0.717) is 32.3 Å². The van der Waals surface area contributed by atoms with Crippen molar-refractivity contribution in [3.8, 4) is 6.07 Å². The Morgan fingerprint density at radius 3 is 1.86 bits per heavy atom. The maximum Gasteiger partial charge on any atom is 0.327 e. The molecule has 44 heavy (non-hydrogen) atoms. The number of carbonyl (C=O) groups excluding carboxylic acids is 2. The molecule has 4 aromatic carbocycles. The van der Waals surface area contributed by atoms with Gasteiger partial charge in [0.2, 0.25) is 0 Å². The molecule has 5 rings (SSSR count). The van der Waals surface area contributed by atoms with E-state index in [-0.39, 0.29) is 13.0 Å². The molecule has 5 nitrogen and oxygen atoms in total. The number of hydrogen-bond donors (Lipinski definition) is 1. The fraction of sp³-hybridized carbons (Fsp3) is 0.229. The largest absolute Gasteiger partial charge is 0.465 e. The Labute approximate surface area is 283 Å². The topological polar surface area (TPSA) is 87.4 Å². The van der Waals surface area contributed by atoms with Crippen LogP contribution in [-0.4, -0.2) is 23.5 Å². The molecule has 0 spiro atoms. The maximum absolute atomic E-state index is 14.8. The van der Waals surface area contributed by atoms with E-state index in [1.807, 2.05) is 0 Å². The van der Waals surface area contributed by atoms with Crippen molar-refractivity contribution in [1.82, 2.24) is 0 Å². The molecule has 1 aliphatic carbocycles. The monoisotopic (exact) mass is 753 g/mol. The van der Waals surface area contributed by atoms with Crippen molar-refractivity contribution < 1.29 is 19.4 Å². The summed E-state index contributed by atoms with van der Waals surface area (Å²) in [5.74, 6) is -4.51. The highest BCUT2D eigenvalue weighted by Crippen LogP contribution is 2.64. The van der Waals surface area contributed by atoms with Crippen LogP contribution in [0.3, 0.4) is 0 Å². The van der Waals surface area contributed by atoms with Crippen LogP contribution in [0.1, 0.15) is 52.2 Å². The Morgan fingerprint density at radius 1 is 0.864 bits per heavy atom. The van der Waals surface area contributed by atoms with E-state index in [4.69, 9.17) is 27.9 Å². The Balaban J connectivity index is 1.89. The minimum Gasteiger partial charge on any atom is -0.465 e. The standard InChI is InChI=1S/C35H27Br2Cl2NO4/c1-2-44-33(42)34(20-40)29(21-5-15-27(38)16-6-21)19-35(43,24-9-13-26(37)14-10-24)31(30(34)22-7-17-28(39)18-8-22)32(41)23-3-11-25(36)12-4-23/h3-18,29-31,43H,2,19H2,1H3/t29-,30-,31-,34+,35-/m0/s1. The third-order valence-electron chi connectivity index (χ3n) is 8.46. The number of esters is 1. The molecule has 1 N–H and O–H groups in total. The van der Waals surface area contributed by atoms with Crippen LogP contribution in [0.25, 0.3) is 0 Å². The second-order valence-electron chi connectivity index (χ2n) is 10.8. The smallest absolute Gasteiger partial charge is 0.327 e.